The summed E-state index contributed by atoms with van der Waals surface area (Å²) in [4.78, 5) is 11.2. The average Bonchev–Trinajstić information content (AvgIpc) is 2.46. The molecule has 0 aliphatic carbocycles. The average molecular weight is 284 g/mol. The van der Waals surface area contributed by atoms with Crippen LogP contribution < -0.4 is 10.2 Å². The number of anilines is 3. The Hall–Kier alpha value is -2.10. The van der Waals surface area contributed by atoms with Crippen molar-refractivity contribution in [3.63, 3.8) is 0 Å². The van der Waals surface area contributed by atoms with Crippen molar-refractivity contribution in [2.75, 3.05) is 23.8 Å². The molecule has 1 aromatic carbocycles. The molecule has 0 unspecified atom stereocenters. The fourth-order valence-corrected chi connectivity index (χ4v) is 2.17. The van der Waals surface area contributed by atoms with E-state index in [4.69, 9.17) is 0 Å². The van der Waals surface area contributed by atoms with Crippen LogP contribution in [0.15, 0.2) is 30.3 Å². The molecule has 1 aromatic heterocycles. The van der Waals surface area contributed by atoms with Crippen molar-refractivity contribution in [2.24, 2.45) is 0 Å². The molecule has 0 aliphatic heterocycles. The van der Waals surface area contributed by atoms with Crippen LogP contribution in [0, 0.1) is 13.8 Å². The van der Waals surface area contributed by atoms with Crippen LogP contribution in [-0.2, 0) is 0 Å². The first-order chi connectivity index (χ1) is 10.1. The molecule has 0 spiro atoms. The monoisotopic (exact) mass is 284 g/mol. The van der Waals surface area contributed by atoms with Gasteiger partial charge in [0.15, 0.2) is 0 Å². The molecule has 1 heterocycles. The lowest BCUT2D eigenvalue weighted by Gasteiger charge is -2.19. The van der Waals surface area contributed by atoms with Gasteiger partial charge in [0.25, 0.3) is 0 Å². The number of nitrogens with zero attached hydrogens (tertiary/aromatic N) is 3. The van der Waals surface area contributed by atoms with Gasteiger partial charge in [-0.25, -0.2) is 9.97 Å². The molecule has 1 N–H and O–H groups in total. The van der Waals surface area contributed by atoms with Gasteiger partial charge in [0, 0.05) is 25.3 Å². The van der Waals surface area contributed by atoms with Gasteiger partial charge < -0.3 is 10.2 Å². The lowest BCUT2D eigenvalue weighted by Crippen LogP contribution is -2.20. The van der Waals surface area contributed by atoms with E-state index in [1.54, 1.807) is 0 Å². The molecular weight excluding hydrogens is 260 g/mol. The molecule has 4 nitrogen and oxygen atoms in total. The van der Waals surface area contributed by atoms with Crippen LogP contribution in [-0.4, -0.2) is 23.6 Å². The first-order valence-corrected chi connectivity index (χ1v) is 7.49. The number of unbranched alkanes of at least 4 members (excludes halogenated alkanes) is 1. The SMILES string of the molecule is CCCCN(C)c1cc(Nc2ccccc2C)nc(C)n1. The van der Waals surface area contributed by atoms with Crippen molar-refractivity contribution in [3.05, 3.63) is 41.7 Å². The highest BCUT2D eigenvalue weighted by Gasteiger charge is 2.07. The summed E-state index contributed by atoms with van der Waals surface area (Å²) in [6.45, 7) is 7.23. The zero-order valence-electron chi connectivity index (χ0n) is 13.3. The molecule has 2 aromatic rings. The number of rotatable bonds is 6. The Kier molecular flexibility index (Phi) is 5.14. The maximum absolute atomic E-state index is 4.53. The van der Waals surface area contributed by atoms with Gasteiger partial charge in [-0.15, -0.1) is 0 Å². The Morgan fingerprint density at radius 1 is 1.14 bits per heavy atom. The Bertz CT molecular complexity index is 595. The summed E-state index contributed by atoms with van der Waals surface area (Å²) >= 11 is 0. The number of nitrogens with one attached hydrogen (secondary N) is 1. The van der Waals surface area contributed by atoms with E-state index in [1.807, 2.05) is 25.1 Å². The van der Waals surface area contributed by atoms with E-state index in [0.717, 1.165) is 29.7 Å². The molecule has 2 rings (SSSR count). The van der Waals surface area contributed by atoms with Crippen LogP contribution in [0.2, 0.25) is 0 Å². The quantitative estimate of drug-likeness (QED) is 0.868. The van der Waals surface area contributed by atoms with Crippen molar-refractivity contribution < 1.29 is 0 Å². The third-order valence-electron chi connectivity index (χ3n) is 3.47. The molecule has 0 saturated carbocycles. The van der Waals surface area contributed by atoms with E-state index in [0.29, 0.717) is 0 Å². The second-order valence-electron chi connectivity index (χ2n) is 5.37. The van der Waals surface area contributed by atoms with Crippen LogP contribution in [0.1, 0.15) is 31.2 Å². The summed E-state index contributed by atoms with van der Waals surface area (Å²) in [5.41, 5.74) is 2.28. The molecule has 0 fully saturated rings. The third kappa shape index (κ3) is 4.18. The van der Waals surface area contributed by atoms with Crippen molar-refractivity contribution >= 4 is 17.3 Å². The van der Waals surface area contributed by atoms with Crippen LogP contribution >= 0.6 is 0 Å². The van der Waals surface area contributed by atoms with Gasteiger partial charge >= 0.3 is 0 Å². The molecule has 112 valence electrons. The number of aromatic nitrogens is 2. The van der Waals surface area contributed by atoms with Crippen LogP contribution in [0.5, 0.6) is 0 Å². The number of hydrogen-bond donors (Lipinski definition) is 1. The highest BCUT2D eigenvalue weighted by Crippen LogP contribution is 2.21. The van der Waals surface area contributed by atoms with E-state index in [9.17, 15) is 0 Å². The summed E-state index contributed by atoms with van der Waals surface area (Å²) < 4.78 is 0. The van der Waals surface area contributed by atoms with Crippen LogP contribution in [0.3, 0.4) is 0 Å². The van der Waals surface area contributed by atoms with E-state index in [2.05, 4.69) is 53.2 Å². The molecule has 0 atom stereocenters. The maximum atomic E-state index is 4.53. The smallest absolute Gasteiger partial charge is 0.136 e. The van der Waals surface area contributed by atoms with Gasteiger partial charge in [-0.3, -0.25) is 0 Å². The number of benzene rings is 1. The molecule has 0 aliphatic rings. The first kappa shape index (κ1) is 15.3. The number of para-hydroxylation sites is 1. The van der Waals surface area contributed by atoms with E-state index in [1.165, 1.54) is 18.4 Å². The molecule has 0 saturated heterocycles. The largest absolute Gasteiger partial charge is 0.360 e. The summed E-state index contributed by atoms with van der Waals surface area (Å²) in [6, 6.07) is 10.2. The van der Waals surface area contributed by atoms with Gasteiger partial charge in [-0.05, 0) is 31.9 Å². The van der Waals surface area contributed by atoms with E-state index >= 15 is 0 Å². The Labute approximate surface area is 127 Å². The van der Waals surface area contributed by atoms with Crippen molar-refractivity contribution in [1.82, 2.24) is 9.97 Å². The number of aryl methyl sites for hydroxylation is 2. The fraction of sp³-hybridized carbons (Fsp3) is 0.412. The van der Waals surface area contributed by atoms with Crippen molar-refractivity contribution in [3.8, 4) is 0 Å². The molecule has 4 heteroatoms. The minimum Gasteiger partial charge on any atom is -0.360 e. The topological polar surface area (TPSA) is 41.0 Å². The molecule has 0 amide bonds. The number of hydrogen-bond acceptors (Lipinski definition) is 4. The van der Waals surface area contributed by atoms with E-state index in [-0.39, 0.29) is 0 Å². The molecule has 0 radical (unpaired) electrons. The molecule has 0 bridgehead atoms. The Morgan fingerprint density at radius 3 is 2.62 bits per heavy atom. The molecular formula is C17H24N4. The Balaban J connectivity index is 2.21. The summed E-state index contributed by atoms with van der Waals surface area (Å²) in [6.07, 6.45) is 2.35. The van der Waals surface area contributed by atoms with Gasteiger partial charge in [0.1, 0.15) is 17.5 Å². The first-order valence-electron chi connectivity index (χ1n) is 7.49. The zero-order valence-corrected chi connectivity index (χ0v) is 13.3. The maximum Gasteiger partial charge on any atom is 0.136 e. The lowest BCUT2D eigenvalue weighted by atomic mass is 10.2. The Morgan fingerprint density at radius 2 is 1.90 bits per heavy atom. The summed E-state index contributed by atoms with van der Waals surface area (Å²) in [5, 5.41) is 3.39. The van der Waals surface area contributed by atoms with Crippen LogP contribution in [0.4, 0.5) is 17.3 Å². The summed E-state index contributed by atoms with van der Waals surface area (Å²) in [5.74, 6) is 2.59. The van der Waals surface area contributed by atoms with Gasteiger partial charge in [0.2, 0.25) is 0 Å². The molecule has 21 heavy (non-hydrogen) atoms. The normalized spacial score (nSPS) is 10.5. The van der Waals surface area contributed by atoms with Crippen LogP contribution in [0.25, 0.3) is 0 Å². The summed E-state index contributed by atoms with van der Waals surface area (Å²) in [7, 11) is 2.08. The second-order valence-corrected chi connectivity index (χ2v) is 5.37. The standard InChI is InChI=1S/C17H24N4/c1-5-6-11-21(4)17-12-16(18-14(3)19-17)20-15-10-8-7-9-13(15)2/h7-10,12H,5-6,11H2,1-4H3,(H,18,19,20). The van der Waals surface area contributed by atoms with E-state index < -0.39 is 0 Å². The predicted octanol–water partition coefficient (Wildman–Crippen LogP) is 4.07. The minimum absolute atomic E-state index is 0.784. The zero-order chi connectivity index (χ0) is 15.2. The third-order valence-corrected chi connectivity index (χ3v) is 3.47. The van der Waals surface area contributed by atoms with Crippen molar-refractivity contribution in [2.45, 2.75) is 33.6 Å². The van der Waals surface area contributed by atoms with Gasteiger partial charge in [0.05, 0.1) is 0 Å². The van der Waals surface area contributed by atoms with Gasteiger partial charge in [-0.2, -0.15) is 0 Å². The van der Waals surface area contributed by atoms with Crippen molar-refractivity contribution in [1.29, 1.82) is 0 Å². The lowest BCUT2D eigenvalue weighted by molar-refractivity contribution is 0.756. The highest BCUT2D eigenvalue weighted by atomic mass is 15.2. The fourth-order valence-electron chi connectivity index (χ4n) is 2.17. The highest BCUT2D eigenvalue weighted by molar-refractivity contribution is 5.62. The second kappa shape index (κ2) is 7.07. The van der Waals surface area contributed by atoms with Gasteiger partial charge in [-0.1, -0.05) is 31.5 Å². The minimum atomic E-state index is 0.784. The predicted molar refractivity (Wildman–Crippen MR) is 89.4 cm³/mol.